The number of nitrogens with zero attached hydrogens (tertiary/aromatic N) is 6. The summed E-state index contributed by atoms with van der Waals surface area (Å²) in [4.78, 5) is 52.4. The highest BCUT2D eigenvalue weighted by Crippen LogP contribution is 2.29. The number of carbonyl (C=O) groups is 3. The van der Waals surface area contributed by atoms with Crippen LogP contribution in [-0.2, 0) is 40.3 Å². The first kappa shape index (κ1) is 32.9. The van der Waals surface area contributed by atoms with Crippen LogP contribution in [0.25, 0.3) is 21.9 Å². The van der Waals surface area contributed by atoms with Gasteiger partial charge in [0.05, 0.1) is 24.0 Å². The number of anilines is 1. The van der Waals surface area contributed by atoms with Gasteiger partial charge >= 0.3 is 5.97 Å². The van der Waals surface area contributed by atoms with Crippen molar-refractivity contribution in [1.29, 1.82) is 0 Å². The van der Waals surface area contributed by atoms with Gasteiger partial charge in [0.25, 0.3) is 0 Å². The van der Waals surface area contributed by atoms with Crippen LogP contribution in [-0.4, -0.2) is 91.4 Å². The minimum Gasteiger partial charge on any atom is -0.481 e. The van der Waals surface area contributed by atoms with E-state index in [4.69, 9.17) is 15.8 Å². The van der Waals surface area contributed by atoms with E-state index in [-0.39, 0.29) is 24.8 Å². The van der Waals surface area contributed by atoms with E-state index in [9.17, 15) is 14.4 Å². The van der Waals surface area contributed by atoms with Crippen LogP contribution >= 0.6 is 0 Å². The quantitative estimate of drug-likeness (QED) is 0.226. The fraction of sp³-hybridized carbons (Fsp3) is 0.457. The number of aromatic nitrogens is 3. The van der Waals surface area contributed by atoms with Crippen molar-refractivity contribution < 1.29 is 19.5 Å². The summed E-state index contributed by atoms with van der Waals surface area (Å²) in [7, 11) is 0. The predicted molar refractivity (Wildman–Crippen MR) is 179 cm³/mol. The largest absolute Gasteiger partial charge is 0.481 e. The van der Waals surface area contributed by atoms with Gasteiger partial charge in [-0.1, -0.05) is 55.8 Å². The van der Waals surface area contributed by atoms with Crippen molar-refractivity contribution in [3.05, 3.63) is 65.5 Å². The standard InChI is InChI=1S/C35H45N7O4/c1-3-4-11-30-38-33-34(28-9-5-6-10-29(28)37-35(33)36)42(30)19-8-18-41(23-27-14-12-26(13-15-27)22-32(45)46)31(44)24-39-16-7-17-40(21-20-39)25(2)43/h5-6,9-10,12-15H,3-4,7-8,11,16-24H2,1-2H3,(H2,36,37)(H,45,46). The van der Waals surface area contributed by atoms with Crippen molar-refractivity contribution in [2.24, 2.45) is 0 Å². The van der Waals surface area contributed by atoms with Crippen LogP contribution in [0.4, 0.5) is 5.82 Å². The summed E-state index contributed by atoms with van der Waals surface area (Å²) in [5, 5.41) is 10.2. The molecule has 0 bridgehead atoms. The summed E-state index contributed by atoms with van der Waals surface area (Å²) in [6, 6.07) is 15.4. The Balaban J connectivity index is 1.37. The number of para-hydroxylation sites is 1. The average molecular weight is 628 g/mol. The van der Waals surface area contributed by atoms with E-state index in [1.807, 2.05) is 52.3 Å². The lowest BCUT2D eigenvalue weighted by Crippen LogP contribution is -2.42. The van der Waals surface area contributed by atoms with Crippen molar-refractivity contribution in [2.75, 3.05) is 45.0 Å². The average Bonchev–Trinajstić information content (AvgIpc) is 3.23. The highest BCUT2D eigenvalue weighted by molar-refractivity contribution is 6.06. The minimum atomic E-state index is -0.874. The Labute approximate surface area is 270 Å². The molecule has 244 valence electrons. The highest BCUT2D eigenvalue weighted by Gasteiger charge is 2.23. The van der Waals surface area contributed by atoms with E-state index in [0.29, 0.717) is 51.5 Å². The zero-order chi connectivity index (χ0) is 32.6. The molecule has 46 heavy (non-hydrogen) atoms. The topological polar surface area (TPSA) is 138 Å². The molecule has 4 aromatic rings. The fourth-order valence-electron chi connectivity index (χ4n) is 6.28. The van der Waals surface area contributed by atoms with Crippen LogP contribution in [0.1, 0.15) is 56.5 Å². The number of hydrogen-bond donors (Lipinski definition) is 2. The molecule has 0 unspecified atom stereocenters. The van der Waals surface area contributed by atoms with Crippen molar-refractivity contribution in [3.8, 4) is 0 Å². The maximum atomic E-state index is 13.9. The fourth-order valence-corrected chi connectivity index (χ4v) is 6.28. The SMILES string of the molecule is CCCCc1nc2c(N)nc3ccccc3c2n1CCCN(Cc1ccc(CC(=O)O)cc1)C(=O)CN1CCCN(C(C)=O)CC1. The first-order chi connectivity index (χ1) is 22.2. The maximum absolute atomic E-state index is 13.9. The second-order valence-corrected chi connectivity index (χ2v) is 12.2. The molecule has 3 N–H and O–H groups in total. The van der Waals surface area contributed by atoms with E-state index in [2.05, 4.69) is 27.4 Å². The highest BCUT2D eigenvalue weighted by atomic mass is 16.4. The molecule has 2 amide bonds. The zero-order valence-electron chi connectivity index (χ0n) is 27.0. The van der Waals surface area contributed by atoms with E-state index >= 15 is 0 Å². The molecule has 1 aliphatic rings. The molecular weight excluding hydrogens is 582 g/mol. The molecule has 2 aromatic heterocycles. The van der Waals surface area contributed by atoms with Crippen LogP contribution in [0.15, 0.2) is 48.5 Å². The number of benzene rings is 2. The molecule has 3 heterocycles. The Hall–Kier alpha value is -4.51. The van der Waals surface area contributed by atoms with Crippen molar-refractivity contribution in [2.45, 2.75) is 65.5 Å². The Kier molecular flexibility index (Phi) is 10.8. The molecular formula is C35H45N7O4. The lowest BCUT2D eigenvalue weighted by molar-refractivity contribution is -0.136. The van der Waals surface area contributed by atoms with Gasteiger partial charge in [0, 0.05) is 64.5 Å². The van der Waals surface area contributed by atoms with Gasteiger partial charge in [-0.25, -0.2) is 9.97 Å². The maximum Gasteiger partial charge on any atom is 0.307 e. The number of fused-ring (bicyclic) bond motifs is 3. The molecule has 0 radical (unpaired) electrons. The lowest BCUT2D eigenvalue weighted by Gasteiger charge is -2.27. The van der Waals surface area contributed by atoms with Crippen molar-refractivity contribution in [1.82, 2.24) is 29.2 Å². The summed E-state index contributed by atoms with van der Waals surface area (Å²) in [6.45, 7) is 8.42. The molecule has 0 spiro atoms. The summed E-state index contributed by atoms with van der Waals surface area (Å²) in [5.74, 6) is 0.631. The van der Waals surface area contributed by atoms with Gasteiger partial charge in [-0.3, -0.25) is 19.3 Å². The third kappa shape index (κ3) is 8.00. The lowest BCUT2D eigenvalue weighted by atomic mass is 10.1. The predicted octanol–water partition coefficient (Wildman–Crippen LogP) is 4.11. The molecule has 2 aromatic carbocycles. The smallest absolute Gasteiger partial charge is 0.307 e. The van der Waals surface area contributed by atoms with E-state index in [0.717, 1.165) is 71.1 Å². The number of pyridine rings is 1. The van der Waals surface area contributed by atoms with Crippen LogP contribution in [0.2, 0.25) is 0 Å². The van der Waals surface area contributed by atoms with Crippen LogP contribution < -0.4 is 5.73 Å². The van der Waals surface area contributed by atoms with Crippen LogP contribution in [0.5, 0.6) is 0 Å². The van der Waals surface area contributed by atoms with Crippen molar-refractivity contribution in [3.63, 3.8) is 0 Å². The second-order valence-electron chi connectivity index (χ2n) is 12.2. The van der Waals surface area contributed by atoms with Gasteiger partial charge < -0.3 is 25.2 Å². The van der Waals surface area contributed by atoms with Gasteiger partial charge in [0.1, 0.15) is 11.3 Å². The van der Waals surface area contributed by atoms with Gasteiger partial charge in [0.2, 0.25) is 11.8 Å². The third-order valence-electron chi connectivity index (χ3n) is 8.75. The zero-order valence-corrected chi connectivity index (χ0v) is 27.0. The van der Waals surface area contributed by atoms with Crippen LogP contribution in [0, 0.1) is 0 Å². The number of nitrogens with two attached hydrogens (primary N) is 1. The molecule has 1 aliphatic heterocycles. The number of aliphatic carboxylic acids is 1. The summed E-state index contributed by atoms with van der Waals surface area (Å²) >= 11 is 0. The van der Waals surface area contributed by atoms with Crippen molar-refractivity contribution >= 4 is 45.5 Å². The number of hydrogen-bond acceptors (Lipinski definition) is 7. The molecule has 11 heteroatoms. The number of carbonyl (C=O) groups excluding carboxylic acids is 2. The van der Waals surface area contributed by atoms with Gasteiger partial charge in [-0.15, -0.1) is 0 Å². The van der Waals surface area contributed by atoms with Gasteiger partial charge in [0.15, 0.2) is 5.82 Å². The minimum absolute atomic E-state index is 0.0338. The summed E-state index contributed by atoms with van der Waals surface area (Å²) in [5.41, 5.74) is 10.6. The molecule has 1 fully saturated rings. The van der Waals surface area contributed by atoms with Crippen LogP contribution in [0.3, 0.4) is 0 Å². The molecule has 0 aliphatic carbocycles. The number of imidazole rings is 1. The molecule has 1 saturated heterocycles. The Bertz CT molecular complexity index is 1680. The van der Waals surface area contributed by atoms with E-state index in [1.165, 1.54) is 0 Å². The molecule has 5 rings (SSSR count). The summed E-state index contributed by atoms with van der Waals surface area (Å²) in [6.07, 6.45) is 4.39. The number of carboxylic acid groups (broad SMARTS) is 1. The molecule has 0 saturated carbocycles. The van der Waals surface area contributed by atoms with E-state index in [1.54, 1.807) is 6.92 Å². The first-order valence-corrected chi connectivity index (χ1v) is 16.3. The molecule has 11 nitrogen and oxygen atoms in total. The van der Waals surface area contributed by atoms with E-state index < -0.39 is 5.97 Å². The van der Waals surface area contributed by atoms with Gasteiger partial charge in [-0.2, -0.15) is 0 Å². The van der Waals surface area contributed by atoms with Gasteiger partial charge in [-0.05, 0) is 36.5 Å². The molecule has 0 atom stereocenters. The first-order valence-electron chi connectivity index (χ1n) is 16.3. The number of rotatable bonds is 13. The number of nitrogen functional groups attached to an aromatic ring is 1. The Morgan fingerprint density at radius 3 is 2.46 bits per heavy atom. The number of amides is 2. The monoisotopic (exact) mass is 627 g/mol. The Morgan fingerprint density at radius 1 is 0.957 bits per heavy atom. The normalized spacial score (nSPS) is 14.1. The Morgan fingerprint density at radius 2 is 1.72 bits per heavy atom. The number of aryl methyl sites for hydroxylation is 2. The second kappa shape index (κ2) is 15.2. The summed E-state index contributed by atoms with van der Waals surface area (Å²) < 4.78 is 2.26. The number of carboxylic acids is 1. The number of unbranched alkanes of at least 4 members (excludes halogenated alkanes) is 1. The third-order valence-corrected chi connectivity index (χ3v) is 8.75.